The van der Waals surface area contributed by atoms with Crippen LogP contribution in [0.25, 0.3) is 0 Å². The van der Waals surface area contributed by atoms with Gasteiger partial charge in [0.2, 0.25) is 0 Å². The molecule has 2 fully saturated rings. The molecule has 2 saturated heterocycles. The van der Waals surface area contributed by atoms with Gasteiger partial charge in [-0.2, -0.15) is 0 Å². The lowest BCUT2D eigenvalue weighted by Crippen LogP contribution is -2.49. The average molecular weight is 333 g/mol. The highest BCUT2D eigenvalue weighted by Crippen LogP contribution is 2.18. The molecule has 1 atom stereocenters. The molecule has 24 heavy (non-hydrogen) atoms. The highest BCUT2D eigenvalue weighted by molar-refractivity contribution is 5.28. The number of benzene rings is 1. The fourth-order valence-corrected chi connectivity index (χ4v) is 3.36. The van der Waals surface area contributed by atoms with Gasteiger partial charge in [-0.3, -0.25) is 9.80 Å². The van der Waals surface area contributed by atoms with Crippen LogP contribution in [0.2, 0.25) is 0 Å². The first-order valence-electron chi connectivity index (χ1n) is 9.30. The van der Waals surface area contributed by atoms with Crippen LogP contribution in [0.4, 0.5) is 0 Å². The summed E-state index contributed by atoms with van der Waals surface area (Å²) in [6, 6.07) is 8.27. The van der Waals surface area contributed by atoms with E-state index in [9.17, 15) is 5.11 Å². The number of aliphatic hydroxyl groups is 1. The summed E-state index contributed by atoms with van der Waals surface area (Å²) in [4.78, 5) is 7.22. The smallest absolute Gasteiger partial charge is 0.119 e. The lowest BCUT2D eigenvalue weighted by molar-refractivity contribution is 0.0470. The molecule has 0 saturated carbocycles. The minimum Gasteiger partial charge on any atom is -0.491 e. The van der Waals surface area contributed by atoms with Crippen LogP contribution in [0, 0.1) is 0 Å². The Hall–Kier alpha value is -1.14. The number of likely N-dealkylation sites (N-methyl/N-ethyl adjacent to an activating group) is 1. The van der Waals surface area contributed by atoms with Gasteiger partial charge in [0.25, 0.3) is 0 Å². The maximum absolute atomic E-state index is 10.3. The molecule has 1 N–H and O–H groups in total. The number of rotatable bonds is 8. The van der Waals surface area contributed by atoms with Gasteiger partial charge in [-0.25, -0.2) is 0 Å². The third-order valence-electron chi connectivity index (χ3n) is 5.08. The number of piperazine rings is 1. The number of nitrogens with zero attached hydrogens (tertiary/aromatic N) is 3. The predicted molar refractivity (Wildman–Crippen MR) is 96.4 cm³/mol. The van der Waals surface area contributed by atoms with Crippen LogP contribution in [0.5, 0.6) is 5.75 Å². The summed E-state index contributed by atoms with van der Waals surface area (Å²) >= 11 is 0. The van der Waals surface area contributed by atoms with Crippen LogP contribution in [-0.2, 0) is 6.54 Å². The Morgan fingerprint density at radius 2 is 1.79 bits per heavy atom. The van der Waals surface area contributed by atoms with Gasteiger partial charge in [0, 0.05) is 39.3 Å². The third kappa shape index (κ3) is 5.18. The number of β-amino-alcohol motifs (C(OH)–C–C–N with tert-alkyl or cyclic N) is 1. The lowest BCUT2D eigenvalue weighted by atomic mass is 10.1. The molecule has 0 amide bonds. The molecule has 1 unspecified atom stereocenters. The predicted octanol–water partition coefficient (Wildman–Crippen LogP) is 1.27. The Labute approximate surface area is 145 Å². The SMILES string of the molecule is CCN1CCN(CC(O)COc2cccc(CN3CCC3)c2)CC1. The van der Waals surface area contributed by atoms with Crippen molar-refractivity contribution in [3.8, 4) is 5.75 Å². The summed E-state index contributed by atoms with van der Waals surface area (Å²) in [5, 5.41) is 10.3. The normalized spacial score (nSPS) is 21.4. The molecule has 0 bridgehead atoms. The standard InChI is InChI=1S/C19H31N3O2/c1-2-20-9-11-22(12-10-20)15-18(23)16-24-19-6-3-5-17(13-19)14-21-7-4-8-21/h3,5-6,13,18,23H,2,4,7-12,14-16H2,1H3. The van der Waals surface area contributed by atoms with Crippen LogP contribution < -0.4 is 4.74 Å². The molecule has 5 nitrogen and oxygen atoms in total. The van der Waals surface area contributed by atoms with Crippen molar-refractivity contribution in [3.05, 3.63) is 29.8 Å². The van der Waals surface area contributed by atoms with Crippen molar-refractivity contribution >= 4 is 0 Å². The van der Waals surface area contributed by atoms with E-state index >= 15 is 0 Å². The molecule has 2 heterocycles. The number of aliphatic hydroxyl groups excluding tert-OH is 1. The Morgan fingerprint density at radius 1 is 1.04 bits per heavy atom. The zero-order valence-corrected chi connectivity index (χ0v) is 14.9. The molecule has 1 aromatic carbocycles. The molecule has 134 valence electrons. The molecule has 2 aliphatic heterocycles. The first-order chi connectivity index (χ1) is 11.7. The second kappa shape index (κ2) is 8.81. The highest BCUT2D eigenvalue weighted by Gasteiger charge is 2.18. The quantitative estimate of drug-likeness (QED) is 0.776. The van der Waals surface area contributed by atoms with E-state index in [4.69, 9.17) is 4.74 Å². The van der Waals surface area contributed by atoms with E-state index < -0.39 is 6.10 Å². The topological polar surface area (TPSA) is 39.2 Å². The van der Waals surface area contributed by atoms with E-state index in [2.05, 4.69) is 33.8 Å². The molecule has 0 aromatic heterocycles. The molecule has 0 aliphatic carbocycles. The van der Waals surface area contributed by atoms with Gasteiger partial charge in [0.05, 0.1) is 0 Å². The van der Waals surface area contributed by atoms with Gasteiger partial charge >= 0.3 is 0 Å². The Morgan fingerprint density at radius 3 is 2.46 bits per heavy atom. The van der Waals surface area contributed by atoms with E-state index in [-0.39, 0.29) is 0 Å². The average Bonchev–Trinajstić information content (AvgIpc) is 2.57. The van der Waals surface area contributed by atoms with Crippen LogP contribution >= 0.6 is 0 Å². The van der Waals surface area contributed by atoms with Gasteiger partial charge < -0.3 is 14.7 Å². The Balaban J connectivity index is 1.39. The van der Waals surface area contributed by atoms with Crippen LogP contribution in [0.15, 0.2) is 24.3 Å². The van der Waals surface area contributed by atoms with E-state index in [0.717, 1.165) is 45.0 Å². The van der Waals surface area contributed by atoms with Crippen molar-refractivity contribution in [1.29, 1.82) is 0 Å². The zero-order valence-electron chi connectivity index (χ0n) is 14.9. The maximum Gasteiger partial charge on any atom is 0.119 e. The second-order valence-electron chi connectivity index (χ2n) is 6.98. The zero-order chi connectivity index (χ0) is 16.8. The van der Waals surface area contributed by atoms with Gasteiger partial charge in [0.1, 0.15) is 18.5 Å². The fraction of sp³-hybridized carbons (Fsp3) is 0.684. The van der Waals surface area contributed by atoms with Crippen molar-refractivity contribution in [3.63, 3.8) is 0 Å². The summed E-state index contributed by atoms with van der Waals surface area (Å²) in [5.41, 5.74) is 1.29. The summed E-state index contributed by atoms with van der Waals surface area (Å²) in [7, 11) is 0. The van der Waals surface area contributed by atoms with Gasteiger partial charge in [-0.1, -0.05) is 19.1 Å². The molecule has 5 heteroatoms. The first-order valence-corrected chi connectivity index (χ1v) is 9.30. The van der Waals surface area contributed by atoms with Gasteiger partial charge in [0.15, 0.2) is 0 Å². The number of likely N-dealkylation sites (tertiary alicyclic amines) is 1. The fourth-order valence-electron chi connectivity index (χ4n) is 3.36. The molecule has 3 rings (SSSR count). The maximum atomic E-state index is 10.3. The van der Waals surface area contributed by atoms with E-state index in [1.807, 2.05) is 12.1 Å². The minimum atomic E-state index is -0.433. The van der Waals surface area contributed by atoms with E-state index in [1.165, 1.54) is 25.1 Å². The summed E-state index contributed by atoms with van der Waals surface area (Å²) in [6.07, 6.45) is 0.881. The number of hydrogen-bond acceptors (Lipinski definition) is 5. The number of hydrogen-bond donors (Lipinski definition) is 1. The van der Waals surface area contributed by atoms with Crippen molar-refractivity contribution in [1.82, 2.24) is 14.7 Å². The summed E-state index contributed by atoms with van der Waals surface area (Å²) in [6.45, 7) is 12.1. The second-order valence-corrected chi connectivity index (χ2v) is 6.98. The van der Waals surface area contributed by atoms with Crippen LogP contribution in [-0.4, -0.2) is 84.9 Å². The van der Waals surface area contributed by atoms with Gasteiger partial charge in [-0.15, -0.1) is 0 Å². The van der Waals surface area contributed by atoms with Crippen LogP contribution in [0.1, 0.15) is 18.9 Å². The van der Waals surface area contributed by atoms with E-state index in [0.29, 0.717) is 13.2 Å². The molecule has 2 aliphatic rings. The van der Waals surface area contributed by atoms with E-state index in [1.54, 1.807) is 0 Å². The molecule has 1 aromatic rings. The van der Waals surface area contributed by atoms with Crippen molar-refractivity contribution in [2.75, 3.05) is 59.0 Å². The molecular formula is C19H31N3O2. The lowest BCUT2D eigenvalue weighted by Gasteiger charge is -2.34. The van der Waals surface area contributed by atoms with Crippen molar-refractivity contribution < 1.29 is 9.84 Å². The van der Waals surface area contributed by atoms with Crippen LogP contribution in [0.3, 0.4) is 0 Å². The largest absolute Gasteiger partial charge is 0.491 e. The van der Waals surface area contributed by atoms with Gasteiger partial charge in [-0.05, 0) is 43.8 Å². The minimum absolute atomic E-state index is 0.362. The summed E-state index contributed by atoms with van der Waals surface area (Å²) in [5.74, 6) is 0.864. The third-order valence-corrected chi connectivity index (χ3v) is 5.08. The van der Waals surface area contributed by atoms with Crippen molar-refractivity contribution in [2.24, 2.45) is 0 Å². The first kappa shape index (κ1) is 17.7. The highest BCUT2D eigenvalue weighted by atomic mass is 16.5. The Bertz CT molecular complexity index is 499. The number of ether oxygens (including phenoxy) is 1. The molecule has 0 spiro atoms. The molecule has 0 radical (unpaired) electrons. The molecular weight excluding hydrogens is 302 g/mol. The monoisotopic (exact) mass is 333 g/mol. The van der Waals surface area contributed by atoms with Crippen molar-refractivity contribution in [2.45, 2.75) is 26.0 Å². The summed E-state index contributed by atoms with van der Waals surface area (Å²) < 4.78 is 5.82. The Kier molecular flexibility index (Phi) is 6.49.